The SMILES string of the molecule is CCNCc1cc(-c2cc(C)c(F)cc2F)ccc1F. The van der Waals surface area contributed by atoms with Crippen molar-refractivity contribution in [3.63, 3.8) is 0 Å². The van der Waals surface area contributed by atoms with Crippen molar-refractivity contribution in [2.75, 3.05) is 6.54 Å². The Morgan fingerprint density at radius 3 is 2.40 bits per heavy atom. The molecule has 0 unspecified atom stereocenters. The molecule has 0 aromatic heterocycles. The summed E-state index contributed by atoms with van der Waals surface area (Å²) in [6.45, 7) is 4.58. The molecule has 0 spiro atoms. The first-order valence-corrected chi connectivity index (χ1v) is 6.48. The van der Waals surface area contributed by atoms with Crippen LogP contribution >= 0.6 is 0 Å². The molecular weight excluding hydrogens is 263 g/mol. The van der Waals surface area contributed by atoms with E-state index in [-0.39, 0.29) is 11.4 Å². The minimum Gasteiger partial charge on any atom is -0.313 e. The van der Waals surface area contributed by atoms with Crippen molar-refractivity contribution in [2.45, 2.75) is 20.4 Å². The van der Waals surface area contributed by atoms with Gasteiger partial charge in [-0.15, -0.1) is 0 Å². The normalized spacial score (nSPS) is 10.8. The highest BCUT2D eigenvalue weighted by Gasteiger charge is 2.11. The fourth-order valence-electron chi connectivity index (χ4n) is 2.02. The Labute approximate surface area is 116 Å². The molecule has 1 N–H and O–H groups in total. The number of benzene rings is 2. The highest BCUT2D eigenvalue weighted by atomic mass is 19.1. The first-order valence-electron chi connectivity index (χ1n) is 6.48. The van der Waals surface area contributed by atoms with Gasteiger partial charge in [-0.2, -0.15) is 0 Å². The number of hydrogen-bond donors (Lipinski definition) is 1. The second-order valence-electron chi connectivity index (χ2n) is 4.67. The lowest BCUT2D eigenvalue weighted by Gasteiger charge is -2.10. The van der Waals surface area contributed by atoms with E-state index in [1.165, 1.54) is 18.2 Å². The smallest absolute Gasteiger partial charge is 0.133 e. The van der Waals surface area contributed by atoms with Crippen molar-refractivity contribution in [2.24, 2.45) is 0 Å². The van der Waals surface area contributed by atoms with E-state index in [2.05, 4.69) is 5.32 Å². The molecule has 0 fully saturated rings. The molecule has 0 amide bonds. The summed E-state index contributed by atoms with van der Waals surface area (Å²) in [4.78, 5) is 0. The molecule has 0 bridgehead atoms. The zero-order chi connectivity index (χ0) is 14.7. The maximum atomic E-state index is 13.9. The lowest BCUT2D eigenvalue weighted by molar-refractivity contribution is 0.579. The fraction of sp³-hybridized carbons (Fsp3) is 0.250. The molecule has 0 saturated heterocycles. The molecule has 0 aliphatic rings. The van der Waals surface area contributed by atoms with Crippen molar-refractivity contribution in [3.8, 4) is 11.1 Å². The van der Waals surface area contributed by atoms with E-state index in [1.54, 1.807) is 13.0 Å². The van der Waals surface area contributed by atoms with Crippen LogP contribution in [0.5, 0.6) is 0 Å². The van der Waals surface area contributed by atoms with E-state index in [1.807, 2.05) is 6.92 Å². The topological polar surface area (TPSA) is 12.0 Å². The number of hydrogen-bond acceptors (Lipinski definition) is 1. The zero-order valence-corrected chi connectivity index (χ0v) is 11.4. The third-order valence-electron chi connectivity index (χ3n) is 3.17. The van der Waals surface area contributed by atoms with E-state index in [9.17, 15) is 13.2 Å². The quantitative estimate of drug-likeness (QED) is 0.885. The molecule has 106 valence electrons. The number of aryl methyl sites for hydroxylation is 1. The van der Waals surface area contributed by atoms with Gasteiger partial charge in [0, 0.05) is 23.7 Å². The first-order chi connectivity index (χ1) is 9.52. The second kappa shape index (κ2) is 6.09. The highest BCUT2D eigenvalue weighted by Crippen LogP contribution is 2.27. The highest BCUT2D eigenvalue weighted by molar-refractivity contribution is 5.66. The third-order valence-corrected chi connectivity index (χ3v) is 3.17. The summed E-state index contributed by atoms with van der Waals surface area (Å²) in [5.74, 6) is -1.57. The van der Waals surface area contributed by atoms with E-state index in [0.29, 0.717) is 29.8 Å². The van der Waals surface area contributed by atoms with Crippen molar-refractivity contribution in [3.05, 3.63) is 58.9 Å². The summed E-state index contributed by atoms with van der Waals surface area (Å²) in [5.41, 5.74) is 1.64. The van der Waals surface area contributed by atoms with Gasteiger partial charge < -0.3 is 5.32 Å². The van der Waals surface area contributed by atoms with Gasteiger partial charge in [-0.05, 0) is 42.8 Å². The van der Waals surface area contributed by atoms with Gasteiger partial charge in [-0.25, -0.2) is 13.2 Å². The van der Waals surface area contributed by atoms with Crippen molar-refractivity contribution in [1.82, 2.24) is 5.32 Å². The number of nitrogens with one attached hydrogen (secondary N) is 1. The Morgan fingerprint density at radius 2 is 1.70 bits per heavy atom. The molecule has 0 saturated carbocycles. The molecular formula is C16H16F3N. The molecule has 2 aromatic rings. The third kappa shape index (κ3) is 3.02. The van der Waals surface area contributed by atoms with Crippen LogP contribution in [-0.4, -0.2) is 6.54 Å². The lowest BCUT2D eigenvalue weighted by atomic mass is 10.00. The van der Waals surface area contributed by atoms with Crippen LogP contribution in [0.4, 0.5) is 13.2 Å². The summed E-state index contributed by atoms with van der Waals surface area (Å²) in [6.07, 6.45) is 0. The minimum absolute atomic E-state index is 0.279. The summed E-state index contributed by atoms with van der Waals surface area (Å²) in [7, 11) is 0. The number of rotatable bonds is 4. The van der Waals surface area contributed by atoms with Gasteiger partial charge in [0.05, 0.1) is 0 Å². The second-order valence-corrected chi connectivity index (χ2v) is 4.67. The number of halogens is 3. The zero-order valence-electron chi connectivity index (χ0n) is 11.4. The Hall–Kier alpha value is -1.81. The molecule has 2 rings (SSSR count). The molecule has 2 aromatic carbocycles. The first kappa shape index (κ1) is 14.6. The Balaban J connectivity index is 2.45. The van der Waals surface area contributed by atoms with E-state index in [4.69, 9.17) is 0 Å². The molecule has 0 aliphatic carbocycles. The molecule has 0 heterocycles. The van der Waals surface area contributed by atoms with Gasteiger partial charge in [0.1, 0.15) is 17.5 Å². The molecule has 0 radical (unpaired) electrons. The van der Waals surface area contributed by atoms with Crippen LogP contribution in [0.1, 0.15) is 18.1 Å². The monoisotopic (exact) mass is 279 g/mol. The van der Waals surface area contributed by atoms with Gasteiger partial charge in [-0.3, -0.25) is 0 Å². The van der Waals surface area contributed by atoms with Crippen LogP contribution in [0, 0.1) is 24.4 Å². The largest absolute Gasteiger partial charge is 0.313 e. The van der Waals surface area contributed by atoms with Crippen molar-refractivity contribution in [1.29, 1.82) is 0 Å². The van der Waals surface area contributed by atoms with Crippen molar-refractivity contribution >= 4 is 0 Å². The summed E-state index contributed by atoms with van der Waals surface area (Å²) in [5, 5.41) is 3.03. The Bertz CT molecular complexity index is 623. The van der Waals surface area contributed by atoms with Gasteiger partial charge in [0.25, 0.3) is 0 Å². The average molecular weight is 279 g/mol. The van der Waals surface area contributed by atoms with Crippen molar-refractivity contribution < 1.29 is 13.2 Å². The van der Waals surface area contributed by atoms with Gasteiger partial charge >= 0.3 is 0 Å². The summed E-state index contributed by atoms with van der Waals surface area (Å²) >= 11 is 0. The average Bonchev–Trinajstić information content (AvgIpc) is 2.42. The van der Waals surface area contributed by atoms with Crippen LogP contribution in [0.15, 0.2) is 30.3 Å². The van der Waals surface area contributed by atoms with Crippen LogP contribution in [0.2, 0.25) is 0 Å². The standard InChI is InChI=1S/C16H16F3N/c1-3-20-9-12-7-11(4-5-14(12)17)13-6-10(2)15(18)8-16(13)19/h4-8,20H,3,9H2,1-2H3. The van der Waals surface area contributed by atoms with E-state index >= 15 is 0 Å². The maximum Gasteiger partial charge on any atom is 0.133 e. The van der Waals surface area contributed by atoms with Gasteiger partial charge in [-0.1, -0.05) is 13.0 Å². The van der Waals surface area contributed by atoms with Crippen LogP contribution in [0.25, 0.3) is 11.1 Å². The molecule has 4 heteroatoms. The predicted molar refractivity (Wildman–Crippen MR) is 73.9 cm³/mol. The Morgan fingerprint density at radius 1 is 0.950 bits per heavy atom. The van der Waals surface area contributed by atoms with Gasteiger partial charge in [0.15, 0.2) is 0 Å². The van der Waals surface area contributed by atoms with Gasteiger partial charge in [0.2, 0.25) is 0 Å². The molecule has 20 heavy (non-hydrogen) atoms. The van der Waals surface area contributed by atoms with E-state index < -0.39 is 11.6 Å². The molecule has 1 nitrogen and oxygen atoms in total. The van der Waals surface area contributed by atoms with Crippen LogP contribution in [0.3, 0.4) is 0 Å². The Kier molecular flexibility index (Phi) is 4.45. The maximum absolute atomic E-state index is 13.9. The van der Waals surface area contributed by atoms with Crippen LogP contribution < -0.4 is 5.32 Å². The van der Waals surface area contributed by atoms with E-state index in [0.717, 1.165) is 6.07 Å². The van der Waals surface area contributed by atoms with Crippen LogP contribution in [-0.2, 0) is 6.54 Å². The lowest BCUT2D eigenvalue weighted by Crippen LogP contribution is -2.13. The fourth-order valence-corrected chi connectivity index (χ4v) is 2.02. The minimum atomic E-state index is -0.644. The molecule has 0 aliphatic heterocycles. The summed E-state index contributed by atoms with van der Waals surface area (Å²) in [6, 6.07) is 6.70. The molecule has 0 atom stereocenters. The summed E-state index contributed by atoms with van der Waals surface area (Å²) < 4.78 is 40.8. The predicted octanol–water partition coefficient (Wildman–Crippen LogP) is 4.19.